The van der Waals surface area contributed by atoms with E-state index in [1.165, 1.54) is 5.56 Å². The lowest BCUT2D eigenvalue weighted by molar-refractivity contribution is -0.731. The maximum Gasteiger partial charge on any atom is 0.128 e. The zero-order valence-corrected chi connectivity index (χ0v) is 12.4. The third kappa shape index (κ3) is 5.37. The molecule has 0 saturated carbocycles. The van der Waals surface area contributed by atoms with Gasteiger partial charge < -0.3 is 10.1 Å². The second-order valence-electron chi connectivity index (χ2n) is 5.13. The van der Waals surface area contributed by atoms with E-state index in [4.69, 9.17) is 4.74 Å². The average molecular weight is 299 g/mol. The van der Waals surface area contributed by atoms with Crippen molar-refractivity contribution in [3.05, 3.63) is 40.9 Å². The summed E-state index contributed by atoms with van der Waals surface area (Å²) < 4.78 is 6.73. The summed E-state index contributed by atoms with van der Waals surface area (Å²) in [7, 11) is 0. The zero-order chi connectivity index (χ0) is 12.9. The fourth-order valence-corrected chi connectivity index (χ4v) is 1.82. The highest BCUT2D eigenvalue weighted by atomic mass is 79.9. The summed E-state index contributed by atoms with van der Waals surface area (Å²) in [6.45, 7) is 11.7. The Hall–Kier alpha value is -0.800. The SMILES string of the molecule is C=CCOc1ccc(Br)cc1C[NH2+]C(C)(C)C. The van der Waals surface area contributed by atoms with E-state index in [2.05, 4.69) is 54.7 Å². The van der Waals surface area contributed by atoms with Crippen LogP contribution in [0.25, 0.3) is 0 Å². The minimum atomic E-state index is 0.220. The van der Waals surface area contributed by atoms with Gasteiger partial charge >= 0.3 is 0 Å². The van der Waals surface area contributed by atoms with Crippen molar-refractivity contribution >= 4 is 15.9 Å². The highest BCUT2D eigenvalue weighted by molar-refractivity contribution is 9.10. The minimum Gasteiger partial charge on any atom is -0.489 e. The number of rotatable bonds is 5. The van der Waals surface area contributed by atoms with E-state index in [9.17, 15) is 0 Å². The number of hydrogen-bond donors (Lipinski definition) is 1. The van der Waals surface area contributed by atoms with Gasteiger partial charge in [0.05, 0.1) is 5.54 Å². The number of nitrogens with two attached hydrogens (primary N) is 1. The Balaban J connectivity index is 2.79. The third-order valence-corrected chi connectivity index (χ3v) is 2.81. The van der Waals surface area contributed by atoms with E-state index >= 15 is 0 Å². The minimum absolute atomic E-state index is 0.220. The van der Waals surface area contributed by atoms with Crippen LogP contribution in [0.4, 0.5) is 0 Å². The summed E-state index contributed by atoms with van der Waals surface area (Å²) in [4.78, 5) is 0. The number of halogens is 1. The lowest BCUT2D eigenvalue weighted by Crippen LogP contribution is -2.92. The molecule has 0 bridgehead atoms. The van der Waals surface area contributed by atoms with Crippen LogP contribution in [0.1, 0.15) is 26.3 Å². The molecule has 0 aliphatic rings. The van der Waals surface area contributed by atoms with Gasteiger partial charge in [-0.2, -0.15) is 0 Å². The topological polar surface area (TPSA) is 25.8 Å². The summed E-state index contributed by atoms with van der Waals surface area (Å²) in [5.41, 5.74) is 1.43. The Morgan fingerprint density at radius 2 is 2.12 bits per heavy atom. The molecule has 0 aromatic heterocycles. The van der Waals surface area contributed by atoms with Gasteiger partial charge in [-0.15, -0.1) is 0 Å². The monoisotopic (exact) mass is 298 g/mol. The van der Waals surface area contributed by atoms with Gasteiger partial charge in [0.1, 0.15) is 18.9 Å². The molecule has 17 heavy (non-hydrogen) atoms. The van der Waals surface area contributed by atoms with E-state index in [0.717, 1.165) is 16.8 Å². The van der Waals surface area contributed by atoms with Crippen molar-refractivity contribution in [1.82, 2.24) is 0 Å². The summed E-state index contributed by atoms with van der Waals surface area (Å²) in [5, 5.41) is 2.30. The van der Waals surface area contributed by atoms with Gasteiger partial charge in [-0.05, 0) is 39.0 Å². The van der Waals surface area contributed by atoms with Gasteiger partial charge in [-0.3, -0.25) is 0 Å². The predicted molar refractivity (Wildman–Crippen MR) is 75.2 cm³/mol. The molecular weight excluding hydrogens is 278 g/mol. The first-order valence-electron chi connectivity index (χ1n) is 5.79. The largest absolute Gasteiger partial charge is 0.489 e. The van der Waals surface area contributed by atoms with Crippen molar-refractivity contribution in [3.63, 3.8) is 0 Å². The van der Waals surface area contributed by atoms with E-state index in [1.54, 1.807) is 6.08 Å². The average Bonchev–Trinajstić information content (AvgIpc) is 2.24. The Labute approximate surface area is 112 Å². The third-order valence-electron chi connectivity index (χ3n) is 2.31. The Morgan fingerprint density at radius 3 is 2.71 bits per heavy atom. The molecule has 0 atom stereocenters. The van der Waals surface area contributed by atoms with Crippen molar-refractivity contribution in [3.8, 4) is 5.75 Å². The molecule has 1 aromatic carbocycles. The maximum atomic E-state index is 5.65. The van der Waals surface area contributed by atoms with Gasteiger partial charge in [0.15, 0.2) is 0 Å². The first-order chi connectivity index (χ1) is 7.92. The smallest absolute Gasteiger partial charge is 0.128 e. The molecule has 0 fully saturated rings. The quantitative estimate of drug-likeness (QED) is 0.831. The van der Waals surface area contributed by atoms with Crippen molar-refractivity contribution in [2.45, 2.75) is 32.9 Å². The van der Waals surface area contributed by atoms with Crippen molar-refractivity contribution in [1.29, 1.82) is 0 Å². The maximum absolute atomic E-state index is 5.65. The van der Waals surface area contributed by atoms with Crippen LogP contribution in [0.2, 0.25) is 0 Å². The molecule has 1 aromatic rings. The van der Waals surface area contributed by atoms with E-state index in [1.807, 2.05) is 12.1 Å². The lowest BCUT2D eigenvalue weighted by atomic mass is 10.1. The van der Waals surface area contributed by atoms with Gasteiger partial charge in [0, 0.05) is 10.0 Å². The van der Waals surface area contributed by atoms with Gasteiger partial charge in [0.2, 0.25) is 0 Å². The Bertz CT molecular complexity index is 382. The van der Waals surface area contributed by atoms with Crippen LogP contribution in [0.15, 0.2) is 35.3 Å². The molecule has 0 aliphatic carbocycles. The highest BCUT2D eigenvalue weighted by Gasteiger charge is 2.15. The lowest BCUT2D eigenvalue weighted by Gasteiger charge is -2.18. The van der Waals surface area contributed by atoms with Gasteiger partial charge in [0.25, 0.3) is 0 Å². The summed E-state index contributed by atoms with van der Waals surface area (Å²) >= 11 is 3.50. The molecular formula is C14H21BrNO+. The van der Waals surface area contributed by atoms with Crippen molar-refractivity contribution in [2.24, 2.45) is 0 Å². The van der Waals surface area contributed by atoms with Crippen LogP contribution in [-0.2, 0) is 6.54 Å². The number of hydrogen-bond acceptors (Lipinski definition) is 1. The van der Waals surface area contributed by atoms with Crippen LogP contribution in [0.5, 0.6) is 5.75 Å². The fourth-order valence-electron chi connectivity index (χ4n) is 1.41. The molecule has 0 saturated heterocycles. The van der Waals surface area contributed by atoms with Crippen LogP contribution >= 0.6 is 15.9 Å². The van der Waals surface area contributed by atoms with Crippen LogP contribution in [0, 0.1) is 0 Å². The fraction of sp³-hybridized carbons (Fsp3) is 0.429. The molecule has 2 N–H and O–H groups in total. The molecule has 1 rings (SSSR count). The summed E-state index contributed by atoms with van der Waals surface area (Å²) in [6, 6.07) is 6.11. The predicted octanol–water partition coefficient (Wildman–Crippen LogP) is 2.88. The standard InChI is InChI=1S/C14H20BrNO/c1-5-8-17-13-7-6-12(15)9-11(13)10-16-14(2,3)4/h5-7,9,16H,1,8,10H2,2-4H3/p+1. The number of quaternary nitrogens is 1. The van der Waals surface area contributed by atoms with Crippen LogP contribution in [-0.4, -0.2) is 12.1 Å². The molecule has 0 radical (unpaired) electrons. The number of benzene rings is 1. The molecule has 3 heteroatoms. The van der Waals surface area contributed by atoms with Crippen molar-refractivity contribution < 1.29 is 10.1 Å². The summed E-state index contributed by atoms with van der Waals surface area (Å²) in [5.74, 6) is 0.939. The van der Waals surface area contributed by atoms with E-state index in [0.29, 0.717) is 6.61 Å². The van der Waals surface area contributed by atoms with E-state index < -0.39 is 0 Å². The first-order valence-corrected chi connectivity index (χ1v) is 6.58. The number of ether oxygens (including phenoxy) is 1. The Kier molecular flexibility index (Phi) is 5.22. The molecule has 2 nitrogen and oxygen atoms in total. The first kappa shape index (κ1) is 14.3. The molecule has 0 unspecified atom stereocenters. The van der Waals surface area contributed by atoms with Crippen molar-refractivity contribution in [2.75, 3.05) is 6.61 Å². The molecule has 94 valence electrons. The van der Waals surface area contributed by atoms with Crippen LogP contribution in [0.3, 0.4) is 0 Å². The Morgan fingerprint density at radius 1 is 1.41 bits per heavy atom. The molecule has 0 amide bonds. The molecule has 0 heterocycles. The second-order valence-corrected chi connectivity index (χ2v) is 6.04. The van der Waals surface area contributed by atoms with Gasteiger partial charge in [-0.25, -0.2) is 0 Å². The zero-order valence-electron chi connectivity index (χ0n) is 10.8. The molecule has 0 aliphatic heterocycles. The summed E-state index contributed by atoms with van der Waals surface area (Å²) in [6.07, 6.45) is 1.76. The van der Waals surface area contributed by atoms with Crippen LogP contribution < -0.4 is 10.1 Å². The second kappa shape index (κ2) is 6.22. The molecule has 0 spiro atoms. The van der Waals surface area contributed by atoms with E-state index in [-0.39, 0.29) is 5.54 Å². The normalized spacial score (nSPS) is 11.3. The highest BCUT2D eigenvalue weighted by Crippen LogP contribution is 2.22. The van der Waals surface area contributed by atoms with Gasteiger partial charge in [-0.1, -0.05) is 28.6 Å².